The lowest BCUT2D eigenvalue weighted by Crippen LogP contribution is -2.32. The summed E-state index contributed by atoms with van der Waals surface area (Å²) in [5, 5.41) is 4.47. The number of methoxy groups -OCH3 is 1. The van der Waals surface area contributed by atoms with Gasteiger partial charge in [-0.1, -0.05) is 11.8 Å². The van der Waals surface area contributed by atoms with Crippen molar-refractivity contribution in [2.24, 2.45) is 0 Å². The summed E-state index contributed by atoms with van der Waals surface area (Å²) in [4.78, 5) is 31.1. The highest BCUT2D eigenvalue weighted by Crippen LogP contribution is 2.28. The van der Waals surface area contributed by atoms with E-state index >= 15 is 0 Å². The fraction of sp³-hybridized carbons (Fsp3) is 0.263. The molecule has 0 bridgehead atoms. The Morgan fingerprint density at radius 3 is 3.03 bits per heavy atom. The molecule has 4 rings (SSSR count). The maximum atomic E-state index is 12.5. The second-order valence-corrected chi connectivity index (χ2v) is 8.09. The lowest BCUT2D eigenvalue weighted by atomic mass is 10.1. The second-order valence-electron chi connectivity index (χ2n) is 6.43. The molecule has 0 radical (unpaired) electrons. The van der Waals surface area contributed by atoms with E-state index in [1.807, 2.05) is 31.3 Å². The minimum atomic E-state index is -0.348. The number of ether oxygens (including phenoxy) is 1. The van der Waals surface area contributed by atoms with E-state index in [4.69, 9.17) is 16.3 Å². The Kier molecular flexibility index (Phi) is 5.59. The van der Waals surface area contributed by atoms with Crippen molar-refractivity contribution in [1.82, 2.24) is 30.2 Å². The van der Waals surface area contributed by atoms with E-state index in [0.29, 0.717) is 22.7 Å². The minimum Gasteiger partial charge on any atom is -0.497 e. The lowest BCUT2D eigenvalue weighted by Gasteiger charge is -2.12. The smallest absolute Gasteiger partial charge is 0.233 e. The van der Waals surface area contributed by atoms with Crippen LogP contribution in [0.5, 0.6) is 5.75 Å². The first-order valence-corrected chi connectivity index (χ1v) is 10.3. The summed E-state index contributed by atoms with van der Waals surface area (Å²) in [6, 6.07) is 5.91. The molecule has 3 N–H and O–H groups in total. The number of aromatic nitrogens is 5. The Morgan fingerprint density at radius 1 is 1.34 bits per heavy atom. The molecule has 0 saturated heterocycles. The number of rotatable bonds is 7. The van der Waals surface area contributed by atoms with Crippen LogP contribution in [0.25, 0.3) is 22.1 Å². The van der Waals surface area contributed by atoms with Crippen LogP contribution in [0, 0.1) is 0 Å². The van der Waals surface area contributed by atoms with Gasteiger partial charge in [0.05, 0.1) is 18.7 Å². The monoisotopic (exact) mass is 430 g/mol. The number of halogens is 1. The fourth-order valence-electron chi connectivity index (χ4n) is 3.05. The molecule has 0 aliphatic rings. The zero-order valence-corrected chi connectivity index (χ0v) is 17.4. The number of nitrogens with zero attached hydrogens (tertiary/aromatic N) is 3. The first kappa shape index (κ1) is 19.5. The van der Waals surface area contributed by atoms with E-state index in [2.05, 4.69) is 30.2 Å². The van der Waals surface area contributed by atoms with Crippen LogP contribution < -0.4 is 10.1 Å². The number of fused-ring (bicyclic) bond motifs is 2. The van der Waals surface area contributed by atoms with Gasteiger partial charge in [-0.3, -0.25) is 4.79 Å². The Hall–Kier alpha value is -2.78. The number of imidazole rings is 1. The van der Waals surface area contributed by atoms with Crippen LogP contribution in [0.1, 0.15) is 12.5 Å². The zero-order valence-electron chi connectivity index (χ0n) is 15.8. The van der Waals surface area contributed by atoms with Crippen LogP contribution >= 0.6 is 23.4 Å². The van der Waals surface area contributed by atoms with Crippen LogP contribution in [0.15, 0.2) is 35.7 Å². The van der Waals surface area contributed by atoms with Crippen molar-refractivity contribution in [3.8, 4) is 5.75 Å². The maximum Gasteiger partial charge on any atom is 0.233 e. The number of nitrogens with one attached hydrogen (secondary N) is 3. The number of thioether (sulfide) groups is 1. The molecule has 3 aromatic heterocycles. The van der Waals surface area contributed by atoms with Gasteiger partial charge in [0.15, 0.2) is 5.65 Å². The number of hydrogen-bond acceptors (Lipinski definition) is 6. The molecule has 0 fully saturated rings. The molecule has 1 atom stereocenters. The third kappa shape index (κ3) is 4.15. The van der Waals surface area contributed by atoms with Gasteiger partial charge >= 0.3 is 0 Å². The van der Waals surface area contributed by atoms with Gasteiger partial charge in [-0.15, -0.1) is 0 Å². The van der Waals surface area contributed by atoms with E-state index in [1.54, 1.807) is 7.11 Å². The van der Waals surface area contributed by atoms with E-state index < -0.39 is 0 Å². The van der Waals surface area contributed by atoms with Gasteiger partial charge in [-0.2, -0.15) is 4.98 Å². The summed E-state index contributed by atoms with van der Waals surface area (Å²) < 4.78 is 5.25. The summed E-state index contributed by atoms with van der Waals surface area (Å²) in [6.07, 6.45) is 4.22. The van der Waals surface area contributed by atoms with Crippen molar-refractivity contribution in [3.63, 3.8) is 0 Å². The number of H-pyrrole nitrogens is 2. The lowest BCUT2D eigenvalue weighted by molar-refractivity contribution is -0.120. The van der Waals surface area contributed by atoms with Crippen molar-refractivity contribution in [1.29, 1.82) is 0 Å². The SMILES string of the molecule is COc1ccc2c(CCNC(=O)[C@H](C)Sc3nc(Cl)nc4nc[nH]c34)c[nH]c2c1. The van der Waals surface area contributed by atoms with E-state index in [-0.39, 0.29) is 16.4 Å². The molecule has 4 aromatic rings. The molecular formula is C19H19ClN6O2S. The van der Waals surface area contributed by atoms with Crippen molar-refractivity contribution >= 4 is 51.3 Å². The van der Waals surface area contributed by atoms with Crippen molar-refractivity contribution < 1.29 is 9.53 Å². The number of aromatic amines is 2. The molecule has 3 heterocycles. The summed E-state index contributed by atoms with van der Waals surface area (Å²) in [6.45, 7) is 2.36. The largest absolute Gasteiger partial charge is 0.497 e. The first-order valence-electron chi connectivity index (χ1n) is 9.00. The number of carbonyl (C=O) groups is 1. The van der Waals surface area contributed by atoms with Crippen LogP contribution in [0.4, 0.5) is 0 Å². The second kappa shape index (κ2) is 8.30. The highest BCUT2D eigenvalue weighted by molar-refractivity contribution is 8.00. The highest BCUT2D eigenvalue weighted by Gasteiger charge is 2.18. The molecule has 29 heavy (non-hydrogen) atoms. The normalized spacial score (nSPS) is 12.4. The van der Waals surface area contributed by atoms with E-state index in [9.17, 15) is 4.79 Å². The third-order valence-electron chi connectivity index (χ3n) is 4.55. The standard InChI is InChI=1S/C19H19ClN6O2S/c1-10(29-18-15-16(24-9-23-15)25-19(20)26-18)17(27)21-6-5-11-8-22-14-7-12(28-2)3-4-13(11)14/h3-4,7-10,22H,5-6H2,1-2H3,(H,21,27)(H,23,24,25,26)/t10-/m0/s1. The third-order valence-corrected chi connectivity index (χ3v) is 5.81. The summed E-state index contributed by atoms with van der Waals surface area (Å²) in [7, 11) is 1.65. The average molecular weight is 431 g/mol. The van der Waals surface area contributed by atoms with Crippen LogP contribution in [0.3, 0.4) is 0 Å². The topological polar surface area (TPSA) is 109 Å². The van der Waals surface area contributed by atoms with Gasteiger partial charge < -0.3 is 20.0 Å². The number of benzene rings is 1. The predicted octanol–water partition coefficient (Wildman–Crippen LogP) is 3.34. The quantitative estimate of drug-likeness (QED) is 0.236. The molecule has 0 aliphatic heterocycles. The predicted molar refractivity (Wildman–Crippen MR) is 114 cm³/mol. The number of amides is 1. The molecule has 0 spiro atoms. The van der Waals surface area contributed by atoms with Gasteiger partial charge in [0.25, 0.3) is 0 Å². The summed E-state index contributed by atoms with van der Waals surface area (Å²) in [5.41, 5.74) is 3.31. The zero-order chi connectivity index (χ0) is 20.4. The highest BCUT2D eigenvalue weighted by atomic mass is 35.5. The number of hydrogen-bond donors (Lipinski definition) is 3. The van der Waals surface area contributed by atoms with Crippen molar-refractivity contribution in [2.75, 3.05) is 13.7 Å². The number of carbonyl (C=O) groups excluding carboxylic acids is 1. The molecule has 150 valence electrons. The van der Waals surface area contributed by atoms with Gasteiger partial charge in [-0.25, -0.2) is 9.97 Å². The fourth-order valence-corrected chi connectivity index (χ4v) is 4.20. The average Bonchev–Trinajstić information content (AvgIpc) is 3.34. The Morgan fingerprint density at radius 2 is 2.21 bits per heavy atom. The maximum absolute atomic E-state index is 12.5. The van der Waals surface area contributed by atoms with Gasteiger partial charge in [0, 0.05) is 29.7 Å². The summed E-state index contributed by atoms with van der Waals surface area (Å²) in [5.74, 6) is 0.736. The summed E-state index contributed by atoms with van der Waals surface area (Å²) >= 11 is 7.27. The molecule has 0 unspecified atom stereocenters. The van der Waals surface area contributed by atoms with E-state index in [1.165, 1.54) is 18.1 Å². The van der Waals surface area contributed by atoms with Crippen molar-refractivity contribution in [2.45, 2.75) is 23.6 Å². The van der Waals surface area contributed by atoms with Gasteiger partial charge in [0.2, 0.25) is 11.2 Å². The molecule has 10 heteroatoms. The van der Waals surface area contributed by atoms with Crippen LogP contribution in [-0.2, 0) is 11.2 Å². The Bertz CT molecular complexity index is 1170. The van der Waals surface area contributed by atoms with Crippen LogP contribution in [-0.4, -0.2) is 49.7 Å². The Balaban J connectivity index is 1.36. The molecule has 0 saturated carbocycles. The molecule has 0 aliphatic carbocycles. The van der Waals surface area contributed by atoms with Gasteiger partial charge in [0.1, 0.15) is 16.3 Å². The first-order chi connectivity index (χ1) is 14.0. The molecule has 1 aromatic carbocycles. The molecule has 8 nitrogen and oxygen atoms in total. The molecule has 1 amide bonds. The van der Waals surface area contributed by atoms with Crippen molar-refractivity contribution in [3.05, 3.63) is 41.6 Å². The Labute approximate surface area is 175 Å². The minimum absolute atomic E-state index is 0.0705. The van der Waals surface area contributed by atoms with E-state index in [0.717, 1.165) is 28.6 Å². The van der Waals surface area contributed by atoms with Gasteiger partial charge in [-0.05, 0) is 42.6 Å². The van der Waals surface area contributed by atoms with Crippen LogP contribution in [0.2, 0.25) is 5.28 Å². The molecular weight excluding hydrogens is 412 g/mol.